The fraction of sp³-hybridized carbons (Fsp3) is 0.981. The van der Waals surface area contributed by atoms with E-state index in [1.54, 1.807) is 13.8 Å². The number of carbonyl (C=O) groups is 1. The predicted octanol–water partition coefficient (Wildman–Crippen LogP) is -1.83. The maximum absolute atomic E-state index is 11.8. The summed E-state index contributed by atoms with van der Waals surface area (Å²) in [5.74, 6) is -1.56. The van der Waals surface area contributed by atoms with Crippen LogP contribution in [-0.2, 0) is 47.1 Å². The lowest BCUT2D eigenvalue weighted by Gasteiger charge is -2.49. The van der Waals surface area contributed by atoms with Crippen molar-refractivity contribution in [2.45, 2.75) is 285 Å². The van der Waals surface area contributed by atoms with Gasteiger partial charge in [-0.3, -0.25) is 0 Å². The van der Waals surface area contributed by atoms with E-state index in [-0.39, 0.29) is 22.8 Å². The van der Waals surface area contributed by atoms with Crippen LogP contribution in [0, 0.1) is 29.6 Å². The first-order chi connectivity index (χ1) is 37.4. The zero-order valence-electron chi connectivity index (χ0n) is 49.2. The fourth-order valence-corrected chi connectivity index (χ4v) is 12.3. The molecule has 6 fully saturated rings. The molecule has 0 radical (unpaired) electrons. The highest BCUT2D eigenvalue weighted by Crippen LogP contribution is 2.42. The third-order valence-corrected chi connectivity index (χ3v) is 22.2. The van der Waals surface area contributed by atoms with Crippen molar-refractivity contribution in [3.05, 3.63) is 0 Å². The Balaban J connectivity index is 0.000000332. The average Bonchev–Trinajstić information content (AvgIpc) is 3.41. The maximum atomic E-state index is 11.8. The van der Waals surface area contributed by atoms with E-state index in [0.717, 1.165) is 12.7 Å². The summed E-state index contributed by atoms with van der Waals surface area (Å²) in [6.45, 7) is 23.3. The predicted molar refractivity (Wildman–Crippen MR) is 291 cm³/mol. The minimum absolute atomic E-state index is 0.0819. The number of ether oxygens (including phenoxy) is 8. The third-order valence-electron chi connectivity index (χ3n) is 17.7. The van der Waals surface area contributed by atoms with Crippen molar-refractivity contribution >= 4 is 14.6 Å². The Bertz CT molecular complexity index is 1740. The SMILES string of the molecule is CCC=O.CC[C@H]1O[C@H](OC2[C@@H](C)C[C@@H](CCCO[Si](C)(C)C(C)(C)C)[C@H](O[C@H]3O[C@H](CO)[C@@H](O)[C@H](N)[C@H]3O)[C@H]2O)[C@H](C)[C@@H](O)[C@@H]1O.CC[C@H]1O[C@H](OC2[C@@H](C)C[C@@H](N)[C@H](O[C@H]3O[C@H](CO)[C@@H](O)[C@H](N)[C@H]3O)[C@H]2O)[C@H](C)[C@@H](O)[C@@H]1O. The first-order valence-corrected chi connectivity index (χ1v) is 31.9. The topological polar surface area (TPSA) is 421 Å². The summed E-state index contributed by atoms with van der Waals surface area (Å²) in [7, 11) is -1.94. The summed E-state index contributed by atoms with van der Waals surface area (Å²) in [5.41, 5.74) is 18.1. The number of aliphatic hydroxyl groups excluding tert-OH is 12. The number of aliphatic hydroxyl groups is 12. The van der Waals surface area contributed by atoms with Crippen LogP contribution in [0.2, 0.25) is 18.1 Å². The summed E-state index contributed by atoms with van der Waals surface area (Å²) in [4.78, 5) is 9.17. The highest BCUT2D eigenvalue weighted by Gasteiger charge is 2.54. The van der Waals surface area contributed by atoms with Crippen LogP contribution in [-0.4, -0.2) is 249 Å². The highest BCUT2D eigenvalue weighted by molar-refractivity contribution is 6.74. The monoisotopic (exact) mass is 1180 g/mol. The summed E-state index contributed by atoms with van der Waals surface area (Å²) in [6.07, 6.45) is -18.1. The van der Waals surface area contributed by atoms with Crippen LogP contribution in [0.5, 0.6) is 0 Å². The largest absolute Gasteiger partial charge is 0.417 e. The molecule has 0 spiro atoms. The first-order valence-electron chi connectivity index (χ1n) is 29.0. The number of hydrogen-bond acceptors (Lipinski definition) is 25. The van der Waals surface area contributed by atoms with Crippen LogP contribution < -0.4 is 17.2 Å². The molecule has 4 aliphatic heterocycles. The van der Waals surface area contributed by atoms with Gasteiger partial charge in [-0.2, -0.15) is 0 Å². The number of aldehydes is 1. The third kappa shape index (κ3) is 17.1. The average molecular weight is 1180 g/mol. The number of rotatable bonds is 18. The van der Waals surface area contributed by atoms with Gasteiger partial charge in [-0.1, -0.05) is 69.2 Å². The van der Waals surface area contributed by atoms with Gasteiger partial charge in [0, 0.05) is 30.9 Å². The van der Waals surface area contributed by atoms with E-state index in [0.29, 0.717) is 45.1 Å². The lowest BCUT2D eigenvalue weighted by molar-refractivity contribution is -0.333. The normalized spacial score (nSPS) is 46.6. The second kappa shape index (κ2) is 31.5. The molecule has 0 aromatic heterocycles. The van der Waals surface area contributed by atoms with Crippen molar-refractivity contribution in [3.63, 3.8) is 0 Å². The smallest absolute Gasteiger partial charge is 0.191 e. The minimum atomic E-state index is -1.94. The lowest BCUT2D eigenvalue weighted by atomic mass is 9.74. The Kier molecular flexibility index (Phi) is 28.1. The molecule has 2 unspecified atom stereocenters. The van der Waals surface area contributed by atoms with Gasteiger partial charge in [-0.15, -0.1) is 0 Å². The minimum Gasteiger partial charge on any atom is -0.417 e. The highest BCUT2D eigenvalue weighted by atomic mass is 28.4. The molecule has 6 rings (SSSR count). The molecule has 25 nitrogen and oxygen atoms in total. The van der Waals surface area contributed by atoms with Gasteiger partial charge in [0.15, 0.2) is 33.5 Å². The van der Waals surface area contributed by atoms with Crippen molar-refractivity contribution in [2.24, 2.45) is 46.8 Å². The molecule has 18 N–H and O–H groups in total. The molecule has 0 aromatic carbocycles. The summed E-state index contributed by atoms with van der Waals surface area (Å²) < 4.78 is 54.0. The Labute approximate surface area is 473 Å². The maximum Gasteiger partial charge on any atom is 0.191 e. The lowest BCUT2D eigenvalue weighted by Crippen LogP contribution is -2.66. The van der Waals surface area contributed by atoms with Gasteiger partial charge in [0.2, 0.25) is 0 Å². The van der Waals surface area contributed by atoms with Crippen LogP contribution in [0.25, 0.3) is 0 Å². The first kappa shape index (κ1) is 71.4. The molecule has 4 heterocycles. The van der Waals surface area contributed by atoms with E-state index in [2.05, 4.69) is 33.9 Å². The van der Waals surface area contributed by atoms with Gasteiger partial charge in [0.25, 0.3) is 0 Å². The van der Waals surface area contributed by atoms with E-state index in [1.165, 1.54) is 0 Å². The number of hydrogen-bond donors (Lipinski definition) is 15. The molecule has 80 heavy (non-hydrogen) atoms. The van der Waals surface area contributed by atoms with E-state index in [1.807, 2.05) is 34.6 Å². The van der Waals surface area contributed by atoms with Crippen molar-refractivity contribution in [3.8, 4) is 0 Å². The van der Waals surface area contributed by atoms with Gasteiger partial charge in [0.05, 0.1) is 68.0 Å². The van der Waals surface area contributed by atoms with E-state index >= 15 is 0 Å². The molecule has 0 amide bonds. The molecule has 2 saturated carbocycles. The van der Waals surface area contributed by atoms with Crippen molar-refractivity contribution in [2.75, 3.05) is 19.8 Å². The molecule has 6 aliphatic rings. The zero-order chi connectivity index (χ0) is 60.5. The molecular weight excluding hydrogens is 1070 g/mol. The van der Waals surface area contributed by atoms with Crippen molar-refractivity contribution in [1.82, 2.24) is 0 Å². The molecule has 26 heteroatoms. The summed E-state index contributed by atoms with van der Waals surface area (Å²) in [5, 5.41) is 125. The Morgan fingerprint density at radius 3 is 1.29 bits per heavy atom. The van der Waals surface area contributed by atoms with E-state index in [9.17, 15) is 66.1 Å². The van der Waals surface area contributed by atoms with Gasteiger partial charge in [-0.05, 0) is 74.4 Å². The second-order valence-electron chi connectivity index (χ2n) is 24.7. The van der Waals surface area contributed by atoms with Crippen LogP contribution in [0.3, 0.4) is 0 Å². The number of carbonyl (C=O) groups excluding carboxylic acids is 1. The standard InChI is InChI=1S/C30H59NO11Si.C21H40N2O10.C3H6O/c1-9-18-23(35)21(33)16(3)28(39-18)41-26-15(2)13-17(11-10-12-38-43(7,8)30(4,5)6)27(25(26)37)42-29-24(36)20(31)22(34)19(14-32)40-29;1-4-10-15(27)13(25)8(3)20(30-10)32-18-7(2)5-9(22)19(17(18)29)33-21-16(28)12(23)14(26)11(6-24)31-21;1-2-3-4/h15-29,32-37H,9-14,31H2,1-8H3;7-21,24-29H,4-6,22-23H2,1-3H3;3H,2H2,1H3/t15-,16+,17+,18+,19+,20-,21+,22+,23+,24+,25-,26?,27-,28+,29+;7-,8+,9+,10+,11+,12-,13+,14+,15+,16+,17-,18?,19-,20+,21+;/m00./s1. The van der Waals surface area contributed by atoms with Crippen LogP contribution in [0.4, 0.5) is 0 Å². The quantitative estimate of drug-likeness (QED) is 0.0408. The Hall–Kier alpha value is -1.07. The van der Waals surface area contributed by atoms with Crippen LogP contribution in [0.1, 0.15) is 114 Å². The number of nitrogens with two attached hydrogens (primary N) is 3. The summed E-state index contributed by atoms with van der Waals surface area (Å²) in [6, 6.07) is -2.87. The Morgan fingerprint density at radius 1 is 0.525 bits per heavy atom. The van der Waals surface area contributed by atoms with Crippen LogP contribution >= 0.6 is 0 Å². The van der Waals surface area contributed by atoms with Gasteiger partial charge < -0.3 is 126 Å². The Morgan fingerprint density at radius 2 is 0.900 bits per heavy atom. The van der Waals surface area contributed by atoms with Gasteiger partial charge >= 0.3 is 0 Å². The van der Waals surface area contributed by atoms with E-state index < -0.39 is 187 Å². The fourth-order valence-electron chi connectivity index (χ4n) is 11.2. The molecule has 472 valence electrons. The van der Waals surface area contributed by atoms with Crippen molar-refractivity contribution < 1.29 is 108 Å². The van der Waals surface area contributed by atoms with Crippen LogP contribution in [0.15, 0.2) is 0 Å². The van der Waals surface area contributed by atoms with Gasteiger partial charge in [0.1, 0.15) is 73.4 Å². The molecule has 4 saturated heterocycles. The molecule has 2 aliphatic carbocycles. The molecule has 0 aromatic rings. The zero-order valence-corrected chi connectivity index (χ0v) is 50.2. The summed E-state index contributed by atoms with van der Waals surface area (Å²) >= 11 is 0. The van der Waals surface area contributed by atoms with E-state index in [4.69, 9.17) is 59.5 Å². The molecule has 30 atom stereocenters. The van der Waals surface area contributed by atoms with Crippen molar-refractivity contribution in [1.29, 1.82) is 0 Å². The second-order valence-corrected chi connectivity index (χ2v) is 29.5. The van der Waals surface area contributed by atoms with Gasteiger partial charge in [-0.25, -0.2) is 0 Å². The molecular formula is C54H105N3O22Si. The molecule has 0 bridgehead atoms.